The average Bonchev–Trinajstić information content (AvgIpc) is 2.65. The van der Waals surface area contributed by atoms with Crippen molar-refractivity contribution in [1.82, 2.24) is 5.32 Å². The van der Waals surface area contributed by atoms with Crippen molar-refractivity contribution in [2.24, 2.45) is 0 Å². The topological polar surface area (TPSA) is 55.4 Å². The molecule has 0 aliphatic heterocycles. The van der Waals surface area contributed by atoms with E-state index in [-0.39, 0.29) is 30.2 Å². The van der Waals surface area contributed by atoms with Crippen LogP contribution in [0.4, 0.5) is 30.7 Å². The van der Waals surface area contributed by atoms with Crippen molar-refractivity contribution in [3.63, 3.8) is 0 Å². The average molecular weight is 437 g/mol. The molecule has 0 saturated heterocycles. The standard InChI is InChI=1S/C19H14F7NO3/c1-30-17(29)15(6-10-3-2-4-14(20)5-10)27-16(28)11-7-12(18(21,22)23)9-13(8-11)19(24,25)26/h2-5,7-9,15H,6H2,1H3,(H,27,28)/t15-/m0/s1. The molecule has 11 heteroatoms. The number of alkyl halides is 6. The summed E-state index contributed by atoms with van der Waals surface area (Å²) < 4.78 is 95.6. The van der Waals surface area contributed by atoms with Gasteiger partial charge in [0, 0.05) is 12.0 Å². The third-order valence-electron chi connectivity index (χ3n) is 3.97. The normalized spacial score (nSPS) is 12.9. The number of benzene rings is 2. The van der Waals surface area contributed by atoms with Crippen LogP contribution in [0.2, 0.25) is 0 Å². The third-order valence-corrected chi connectivity index (χ3v) is 3.97. The maximum Gasteiger partial charge on any atom is 0.416 e. The van der Waals surface area contributed by atoms with Crippen molar-refractivity contribution < 1.29 is 45.1 Å². The molecule has 0 aliphatic carbocycles. The zero-order chi connectivity index (χ0) is 22.7. The number of halogens is 7. The fourth-order valence-corrected chi connectivity index (χ4v) is 2.56. The summed E-state index contributed by atoms with van der Waals surface area (Å²) in [6.45, 7) is 0. The van der Waals surface area contributed by atoms with Crippen molar-refractivity contribution in [3.05, 3.63) is 70.5 Å². The molecule has 2 rings (SSSR count). The molecule has 0 heterocycles. The minimum absolute atomic E-state index is 0.124. The van der Waals surface area contributed by atoms with Crippen LogP contribution >= 0.6 is 0 Å². The van der Waals surface area contributed by atoms with Gasteiger partial charge in [0.05, 0.1) is 18.2 Å². The van der Waals surface area contributed by atoms with E-state index in [0.29, 0.717) is 0 Å². The lowest BCUT2D eigenvalue weighted by atomic mass is 10.0. The quantitative estimate of drug-likeness (QED) is 0.558. The zero-order valence-electron chi connectivity index (χ0n) is 15.2. The van der Waals surface area contributed by atoms with Gasteiger partial charge in [-0.05, 0) is 35.9 Å². The molecule has 30 heavy (non-hydrogen) atoms. The van der Waals surface area contributed by atoms with E-state index in [9.17, 15) is 40.3 Å². The number of ether oxygens (including phenoxy) is 1. The molecule has 0 aromatic heterocycles. The van der Waals surface area contributed by atoms with Gasteiger partial charge < -0.3 is 10.1 Å². The van der Waals surface area contributed by atoms with E-state index in [1.165, 1.54) is 12.1 Å². The number of hydrogen-bond acceptors (Lipinski definition) is 3. The van der Waals surface area contributed by atoms with Crippen LogP contribution in [-0.4, -0.2) is 25.0 Å². The Morgan fingerprint density at radius 2 is 1.53 bits per heavy atom. The predicted molar refractivity (Wildman–Crippen MR) is 89.8 cm³/mol. The van der Waals surface area contributed by atoms with Crippen molar-refractivity contribution in [2.45, 2.75) is 24.8 Å². The fourth-order valence-electron chi connectivity index (χ4n) is 2.56. The fraction of sp³-hybridized carbons (Fsp3) is 0.263. The van der Waals surface area contributed by atoms with Crippen molar-refractivity contribution in [1.29, 1.82) is 0 Å². The second-order valence-corrected chi connectivity index (χ2v) is 6.18. The van der Waals surface area contributed by atoms with Gasteiger partial charge in [-0.1, -0.05) is 12.1 Å². The monoisotopic (exact) mass is 437 g/mol. The third kappa shape index (κ3) is 5.94. The first kappa shape index (κ1) is 23.2. The molecule has 4 nitrogen and oxygen atoms in total. The smallest absolute Gasteiger partial charge is 0.416 e. The summed E-state index contributed by atoms with van der Waals surface area (Å²) in [5.41, 5.74) is -4.07. The molecule has 2 aromatic rings. The number of methoxy groups -OCH3 is 1. The van der Waals surface area contributed by atoms with E-state index >= 15 is 0 Å². The second kappa shape index (κ2) is 8.72. The van der Waals surface area contributed by atoms with Crippen LogP contribution in [0.15, 0.2) is 42.5 Å². The predicted octanol–water partition coefficient (Wildman–Crippen LogP) is 4.38. The summed E-state index contributed by atoms with van der Waals surface area (Å²) in [5.74, 6) is -3.02. The van der Waals surface area contributed by atoms with Gasteiger partial charge in [-0.2, -0.15) is 26.3 Å². The lowest BCUT2D eigenvalue weighted by molar-refractivity contribution is -0.144. The van der Waals surface area contributed by atoms with E-state index in [2.05, 4.69) is 4.74 Å². The molecule has 0 saturated carbocycles. The van der Waals surface area contributed by atoms with Crippen LogP contribution in [0, 0.1) is 5.82 Å². The first-order chi connectivity index (χ1) is 13.8. The molecule has 1 N–H and O–H groups in total. The molecule has 1 amide bonds. The van der Waals surface area contributed by atoms with Crippen LogP contribution < -0.4 is 5.32 Å². The van der Waals surface area contributed by atoms with Gasteiger partial charge in [-0.25, -0.2) is 9.18 Å². The second-order valence-electron chi connectivity index (χ2n) is 6.18. The lowest BCUT2D eigenvalue weighted by Crippen LogP contribution is -2.43. The number of esters is 1. The van der Waals surface area contributed by atoms with Crippen LogP contribution in [0.5, 0.6) is 0 Å². The number of carbonyl (C=O) groups is 2. The van der Waals surface area contributed by atoms with Gasteiger partial charge in [0.15, 0.2) is 0 Å². The van der Waals surface area contributed by atoms with E-state index in [4.69, 9.17) is 0 Å². The van der Waals surface area contributed by atoms with Crippen LogP contribution in [-0.2, 0) is 28.3 Å². The highest BCUT2D eigenvalue weighted by Gasteiger charge is 2.37. The minimum atomic E-state index is -5.14. The SMILES string of the molecule is COC(=O)[C@H](Cc1cccc(F)c1)NC(=O)c1cc(C(F)(F)F)cc(C(F)(F)F)c1. The van der Waals surface area contributed by atoms with Gasteiger partial charge in [0.25, 0.3) is 5.91 Å². The van der Waals surface area contributed by atoms with Crippen LogP contribution in [0.3, 0.4) is 0 Å². The highest BCUT2D eigenvalue weighted by Crippen LogP contribution is 2.36. The first-order valence-corrected chi connectivity index (χ1v) is 8.24. The largest absolute Gasteiger partial charge is 0.467 e. The summed E-state index contributed by atoms with van der Waals surface area (Å²) >= 11 is 0. The van der Waals surface area contributed by atoms with Gasteiger partial charge in [-0.15, -0.1) is 0 Å². The summed E-state index contributed by atoms with van der Waals surface area (Å²) in [7, 11) is 0.971. The Hall–Kier alpha value is -3.11. The first-order valence-electron chi connectivity index (χ1n) is 8.24. The van der Waals surface area contributed by atoms with E-state index in [1.54, 1.807) is 0 Å². The van der Waals surface area contributed by atoms with Crippen molar-refractivity contribution in [2.75, 3.05) is 7.11 Å². The molecule has 1 atom stereocenters. The van der Waals surface area contributed by atoms with Crippen molar-refractivity contribution >= 4 is 11.9 Å². The molecule has 162 valence electrons. The maximum atomic E-state index is 13.3. The Morgan fingerprint density at radius 3 is 2.00 bits per heavy atom. The highest BCUT2D eigenvalue weighted by atomic mass is 19.4. The molecule has 0 bridgehead atoms. The van der Waals surface area contributed by atoms with Gasteiger partial charge in [0.1, 0.15) is 11.9 Å². The zero-order valence-corrected chi connectivity index (χ0v) is 15.2. The maximum absolute atomic E-state index is 13.3. The van der Waals surface area contributed by atoms with Crippen LogP contribution in [0.1, 0.15) is 27.0 Å². The minimum Gasteiger partial charge on any atom is -0.467 e. The lowest BCUT2D eigenvalue weighted by Gasteiger charge is -2.18. The van der Waals surface area contributed by atoms with Gasteiger partial charge in [0.2, 0.25) is 0 Å². The van der Waals surface area contributed by atoms with Gasteiger partial charge in [-0.3, -0.25) is 4.79 Å². The number of rotatable bonds is 5. The summed E-state index contributed by atoms with van der Waals surface area (Å²) in [4.78, 5) is 24.3. The highest BCUT2D eigenvalue weighted by molar-refractivity contribution is 5.97. The number of carbonyl (C=O) groups excluding carboxylic acids is 2. The van der Waals surface area contributed by atoms with Crippen molar-refractivity contribution in [3.8, 4) is 0 Å². The van der Waals surface area contributed by atoms with E-state index in [1.807, 2.05) is 5.32 Å². The van der Waals surface area contributed by atoms with E-state index in [0.717, 1.165) is 19.2 Å². The molecular formula is C19H14F7NO3. The Kier molecular flexibility index (Phi) is 6.73. The Morgan fingerprint density at radius 1 is 0.967 bits per heavy atom. The molecule has 0 unspecified atom stereocenters. The number of hydrogen-bond donors (Lipinski definition) is 1. The molecule has 0 radical (unpaired) electrons. The Balaban J connectivity index is 2.37. The Labute approximate surface area is 165 Å². The summed E-state index contributed by atoms with van der Waals surface area (Å²) in [5, 5.41) is 2.04. The summed E-state index contributed by atoms with van der Waals surface area (Å²) in [6, 6.07) is 3.78. The van der Waals surface area contributed by atoms with Crippen LogP contribution in [0.25, 0.3) is 0 Å². The molecule has 2 aromatic carbocycles. The molecule has 0 spiro atoms. The molecule has 0 aliphatic rings. The molecular weight excluding hydrogens is 423 g/mol. The summed E-state index contributed by atoms with van der Waals surface area (Å²) in [6.07, 6.45) is -10.6. The molecule has 0 fully saturated rings. The number of amides is 1. The van der Waals surface area contributed by atoms with E-state index < -0.39 is 52.8 Å². The van der Waals surface area contributed by atoms with Gasteiger partial charge >= 0.3 is 18.3 Å². The Bertz CT molecular complexity index is 906. The number of nitrogens with one attached hydrogen (secondary N) is 1.